The highest BCUT2D eigenvalue weighted by atomic mass is 16.5. The van der Waals surface area contributed by atoms with Gasteiger partial charge in [-0.05, 0) is 56.9 Å². The van der Waals surface area contributed by atoms with Crippen LogP contribution in [0.1, 0.15) is 38.2 Å². The molecule has 1 aromatic carbocycles. The molecular weight excluding hydrogens is 422 g/mol. The van der Waals surface area contributed by atoms with Gasteiger partial charge in [0.05, 0.1) is 18.9 Å². The zero-order chi connectivity index (χ0) is 23.6. The van der Waals surface area contributed by atoms with Gasteiger partial charge in [-0.25, -0.2) is 0 Å². The number of nitrogens with zero attached hydrogens (tertiary/aromatic N) is 1. The Balaban J connectivity index is 1.73. The second kappa shape index (κ2) is 7.54. The Hall–Kier alpha value is -3.48. The minimum atomic E-state index is -0.687. The van der Waals surface area contributed by atoms with E-state index in [1.807, 2.05) is 6.08 Å². The van der Waals surface area contributed by atoms with Gasteiger partial charge >= 0.3 is 0 Å². The predicted molar refractivity (Wildman–Crippen MR) is 118 cm³/mol. The van der Waals surface area contributed by atoms with E-state index in [1.54, 1.807) is 26.0 Å². The summed E-state index contributed by atoms with van der Waals surface area (Å²) < 4.78 is 5.36. The van der Waals surface area contributed by atoms with Crippen molar-refractivity contribution >= 4 is 23.4 Å². The third-order valence-corrected chi connectivity index (χ3v) is 7.52. The molecule has 2 amide bonds. The van der Waals surface area contributed by atoms with E-state index < -0.39 is 23.7 Å². The van der Waals surface area contributed by atoms with Gasteiger partial charge in [0.1, 0.15) is 11.5 Å². The van der Waals surface area contributed by atoms with Gasteiger partial charge < -0.3 is 9.84 Å². The Morgan fingerprint density at radius 3 is 2.58 bits per heavy atom. The minimum Gasteiger partial charge on any atom is -0.508 e. The average molecular weight is 447 g/mol. The fraction of sp³-hybridized carbons (Fsp3) is 0.385. The van der Waals surface area contributed by atoms with E-state index in [4.69, 9.17) is 4.74 Å². The molecule has 1 N–H and O–H groups in total. The van der Waals surface area contributed by atoms with Gasteiger partial charge in [0.15, 0.2) is 11.6 Å². The smallest absolute Gasteiger partial charge is 0.233 e. The number of methoxy groups -OCH3 is 1. The van der Waals surface area contributed by atoms with Gasteiger partial charge in [-0.1, -0.05) is 11.6 Å². The number of allylic oxidation sites excluding steroid dienone is 6. The van der Waals surface area contributed by atoms with Crippen molar-refractivity contribution in [3.8, 4) is 11.5 Å². The van der Waals surface area contributed by atoms with Crippen LogP contribution in [0, 0.1) is 17.8 Å². The Bertz CT molecular complexity index is 1220. The van der Waals surface area contributed by atoms with Crippen LogP contribution in [0.25, 0.3) is 0 Å². The first-order chi connectivity index (χ1) is 15.8. The van der Waals surface area contributed by atoms with Gasteiger partial charge in [-0.3, -0.25) is 24.1 Å². The van der Waals surface area contributed by atoms with Gasteiger partial charge in [-0.15, -0.1) is 0 Å². The molecule has 1 aromatic rings. The maximum atomic E-state index is 13.3. The number of rotatable bonds is 3. The van der Waals surface area contributed by atoms with Gasteiger partial charge in [0.2, 0.25) is 11.8 Å². The molecule has 7 nitrogen and oxygen atoms in total. The van der Waals surface area contributed by atoms with E-state index in [1.165, 1.54) is 24.2 Å². The Labute approximate surface area is 191 Å². The number of fused-ring (bicyclic) bond motifs is 3. The van der Waals surface area contributed by atoms with Crippen molar-refractivity contribution in [2.45, 2.75) is 32.6 Å². The number of phenolic OH excluding ortho intramolecular Hbond substituents is 1. The highest BCUT2D eigenvalue weighted by molar-refractivity contribution is 6.24. The van der Waals surface area contributed by atoms with Crippen LogP contribution < -0.4 is 4.74 Å². The van der Waals surface area contributed by atoms with E-state index in [-0.39, 0.29) is 35.6 Å². The van der Waals surface area contributed by atoms with Crippen molar-refractivity contribution in [1.29, 1.82) is 0 Å². The monoisotopic (exact) mass is 447 g/mol. The molecule has 1 heterocycles. The SMILES string of the molecule is CCN1C(=O)[C@H]2[C@H](CC=C3[C@H](c4cc(OC)ccc4O)C4=C(C[C@H]32)C(=O)C=C(C)C4=O)C1=O. The summed E-state index contributed by atoms with van der Waals surface area (Å²) in [6.45, 7) is 3.69. The van der Waals surface area contributed by atoms with Crippen molar-refractivity contribution < 1.29 is 29.0 Å². The molecule has 0 spiro atoms. The molecule has 1 aliphatic heterocycles. The van der Waals surface area contributed by atoms with Crippen LogP contribution >= 0.6 is 0 Å². The summed E-state index contributed by atoms with van der Waals surface area (Å²) in [5.41, 5.74) is 2.34. The molecule has 0 unspecified atom stereocenters. The molecule has 1 saturated heterocycles. The predicted octanol–water partition coefficient (Wildman–Crippen LogP) is 2.85. The number of amides is 2. The fourth-order valence-corrected chi connectivity index (χ4v) is 5.98. The lowest BCUT2D eigenvalue weighted by molar-refractivity contribution is -0.139. The molecule has 5 rings (SSSR count). The maximum absolute atomic E-state index is 13.3. The maximum Gasteiger partial charge on any atom is 0.233 e. The molecule has 170 valence electrons. The van der Waals surface area contributed by atoms with Gasteiger partial charge in [0, 0.05) is 34.7 Å². The number of ether oxygens (including phenoxy) is 1. The Kier molecular flexibility index (Phi) is 4.88. The number of ketones is 2. The molecular formula is C26H25NO6. The zero-order valence-corrected chi connectivity index (χ0v) is 18.8. The first-order valence-electron chi connectivity index (χ1n) is 11.2. The van der Waals surface area contributed by atoms with Crippen molar-refractivity contribution in [2.75, 3.05) is 13.7 Å². The lowest BCUT2D eigenvalue weighted by atomic mass is 9.59. The third-order valence-electron chi connectivity index (χ3n) is 7.52. The Morgan fingerprint density at radius 1 is 1.12 bits per heavy atom. The molecule has 0 radical (unpaired) electrons. The van der Waals surface area contributed by atoms with E-state index >= 15 is 0 Å². The number of hydrogen-bond acceptors (Lipinski definition) is 6. The largest absolute Gasteiger partial charge is 0.508 e. The summed E-state index contributed by atoms with van der Waals surface area (Å²) >= 11 is 0. The summed E-state index contributed by atoms with van der Waals surface area (Å²) in [6, 6.07) is 4.80. The standard InChI is InChI=1S/C26H25NO6/c1-4-27-25(31)15-7-6-14-16(22(15)26(27)32)11-18-20(29)9-12(2)24(30)23(18)21(14)17-10-13(33-3)5-8-19(17)28/h5-6,8-10,15-16,21-22,28H,4,7,11H2,1-3H3/t15-,16+,21+,22-/m0/s1. The van der Waals surface area contributed by atoms with E-state index in [9.17, 15) is 24.3 Å². The molecule has 0 aromatic heterocycles. The minimum absolute atomic E-state index is 0.0206. The molecule has 4 aliphatic rings. The molecule has 7 heteroatoms. The van der Waals surface area contributed by atoms with Crippen LogP contribution in [0.2, 0.25) is 0 Å². The molecule has 4 atom stereocenters. The number of Topliss-reactive ketones (excluding diaryl/α,β-unsaturated/α-hetero) is 1. The average Bonchev–Trinajstić information content (AvgIpc) is 3.06. The van der Waals surface area contributed by atoms with Crippen LogP contribution in [-0.2, 0) is 19.2 Å². The number of phenols is 1. The van der Waals surface area contributed by atoms with Crippen molar-refractivity contribution in [3.63, 3.8) is 0 Å². The number of aromatic hydroxyl groups is 1. The highest BCUT2D eigenvalue weighted by Crippen LogP contribution is 2.56. The van der Waals surface area contributed by atoms with Crippen molar-refractivity contribution in [2.24, 2.45) is 17.8 Å². The second-order valence-corrected chi connectivity index (χ2v) is 9.07. The van der Waals surface area contributed by atoms with Gasteiger partial charge in [0.25, 0.3) is 0 Å². The van der Waals surface area contributed by atoms with Crippen LogP contribution in [-0.4, -0.2) is 47.0 Å². The Morgan fingerprint density at radius 2 is 1.88 bits per heavy atom. The fourth-order valence-electron chi connectivity index (χ4n) is 5.98. The first-order valence-corrected chi connectivity index (χ1v) is 11.2. The summed E-state index contributed by atoms with van der Waals surface area (Å²) in [5.74, 6) is -2.51. The second-order valence-electron chi connectivity index (χ2n) is 9.07. The quantitative estimate of drug-likeness (QED) is 0.434. The zero-order valence-electron chi connectivity index (χ0n) is 18.8. The molecule has 33 heavy (non-hydrogen) atoms. The third kappa shape index (κ3) is 2.95. The molecule has 0 bridgehead atoms. The number of hydrogen-bond donors (Lipinski definition) is 1. The summed E-state index contributed by atoms with van der Waals surface area (Å²) in [6.07, 6.45) is 3.90. The number of benzene rings is 1. The molecule has 3 aliphatic carbocycles. The number of carbonyl (C=O) groups excluding carboxylic acids is 4. The number of likely N-dealkylation sites (tertiary alicyclic amines) is 1. The van der Waals surface area contributed by atoms with E-state index in [0.717, 1.165) is 5.57 Å². The van der Waals surface area contributed by atoms with Gasteiger partial charge in [-0.2, -0.15) is 0 Å². The van der Waals surface area contributed by atoms with Crippen molar-refractivity contribution in [3.05, 3.63) is 58.2 Å². The lowest BCUT2D eigenvalue weighted by Crippen LogP contribution is -2.39. The molecule has 1 fully saturated rings. The van der Waals surface area contributed by atoms with E-state index in [0.29, 0.717) is 41.0 Å². The number of imide groups is 1. The lowest BCUT2D eigenvalue weighted by Gasteiger charge is -2.42. The summed E-state index contributed by atoms with van der Waals surface area (Å²) in [5, 5.41) is 10.8. The van der Waals surface area contributed by atoms with Crippen LogP contribution in [0.3, 0.4) is 0 Å². The highest BCUT2D eigenvalue weighted by Gasteiger charge is 2.56. The topological polar surface area (TPSA) is 101 Å². The van der Waals surface area contributed by atoms with Crippen molar-refractivity contribution in [1.82, 2.24) is 4.90 Å². The first kappa shape index (κ1) is 21.4. The summed E-state index contributed by atoms with van der Waals surface area (Å²) in [7, 11) is 1.51. The van der Waals surface area contributed by atoms with Crippen LogP contribution in [0.5, 0.6) is 11.5 Å². The molecule has 0 saturated carbocycles. The van der Waals surface area contributed by atoms with Crippen LogP contribution in [0.4, 0.5) is 0 Å². The summed E-state index contributed by atoms with van der Waals surface area (Å²) in [4.78, 5) is 53.8. The number of carbonyl (C=O) groups is 4. The van der Waals surface area contributed by atoms with Crippen LogP contribution in [0.15, 0.2) is 52.6 Å². The normalized spacial score (nSPS) is 28.9. The van der Waals surface area contributed by atoms with E-state index in [2.05, 4.69) is 0 Å².